The number of rotatable bonds is 3. The molecule has 5 nitrogen and oxygen atoms in total. The number of aromatic nitrogens is 2. The fourth-order valence-corrected chi connectivity index (χ4v) is 2.49. The molecular formula is C13H8BrN3O2S. The first-order valence-corrected chi connectivity index (χ1v) is 7.29. The van der Waals surface area contributed by atoms with Crippen molar-refractivity contribution >= 4 is 38.6 Å². The minimum Gasteiger partial charge on any atom is -0.479 e. The van der Waals surface area contributed by atoms with Crippen molar-refractivity contribution in [3.63, 3.8) is 0 Å². The van der Waals surface area contributed by atoms with Crippen molar-refractivity contribution in [1.82, 2.24) is 9.97 Å². The van der Waals surface area contributed by atoms with Crippen molar-refractivity contribution in [3.8, 4) is 17.4 Å². The van der Waals surface area contributed by atoms with E-state index in [1.165, 1.54) is 17.6 Å². The van der Waals surface area contributed by atoms with Gasteiger partial charge in [-0.15, -0.1) is 11.3 Å². The Morgan fingerprint density at radius 3 is 2.95 bits per heavy atom. The molecule has 0 saturated heterocycles. The summed E-state index contributed by atoms with van der Waals surface area (Å²) in [5.74, 6) is 0.0617. The highest BCUT2D eigenvalue weighted by Crippen LogP contribution is 2.31. The van der Waals surface area contributed by atoms with Crippen molar-refractivity contribution in [2.24, 2.45) is 4.99 Å². The van der Waals surface area contributed by atoms with Crippen molar-refractivity contribution in [1.29, 1.82) is 0 Å². The molecule has 20 heavy (non-hydrogen) atoms. The average Bonchev–Trinajstić information content (AvgIpc) is 3.07. The van der Waals surface area contributed by atoms with E-state index in [9.17, 15) is 5.11 Å². The molecule has 1 aromatic carbocycles. The van der Waals surface area contributed by atoms with Gasteiger partial charge in [-0.2, -0.15) is 0 Å². The lowest BCUT2D eigenvalue weighted by Gasteiger charge is -1.96. The smallest absolute Gasteiger partial charge is 0.312 e. The van der Waals surface area contributed by atoms with Crippen LogP contribution in [0.3, 0.4) is 0 Å². The predicted octanol–water partition coefficient (Wildman–Crippen LogP) is 4.02. The fourth-order valence-electron chi connectivity index (χ4n) is 1.55. The standard InChI is InChI=1S/C13H8BrN3O2S/c14-9-4-2-1-3-8(9)11-17-10(12(18)19-11)7-16-13-15-5-6-20-13/h1-7,18H. The quantitative estimate of drug-likeness (QED) is 0.725. The number of nitrogens with zero attached hydrogens (tertiary/aromatic N) is 3. The lowest BCUT2D eigenvalue weighted by atomic mass is 10.2. The van der Waals surface area contributed by atoms with Gasteiger partial charge in [0.2, 0.25) is 11.0 Å². The summed E-state index contributed by atoms with van der Waals surface area (Å²) in [6, 6.07) is 7.48. The van der Waals surface area contributed by atoms with E-state index in [1.54, 1.807) is 6.20 Å². The summed E-state index contributed by atoms with van der Waals surface area (Å²) in [5, 5.41) is 12.2. The maximum atomic E-state index is 9.76. The number of hydrogen-bond acceptors (Lipinski definition) is 6. The molecule has 0 spiro atoms. The minimum atomic E-state index is -0.268. The van der Waals surface area contributed by atoms with Gasteiger partial charge in [-0.1, -0.05) is 12.1 Å². The van der Waals surface area contributed by atoms with Gasteiger partial charge >= 0.3 is 5.95 Å². The first-order valence-electron chi connectivity index (χ1n) is 5.62. The highest BCUT2D eigenvalue weighted by molar-refractivity contribution is 9.10. The molecule has 7 heteroatoms. The van der Waals surface area contributed by atoms with Gasteiger partial charge in [0.15, 0.2) is 5.69 Å². The lowest BCUT2D eigenvalue weighted by Crippen LogP contribution is -1.83. The van der Waals surface area contributed by atoms with E-state index < -0.39 is 0 Å². The second-order valence-electron chi connectivity index (χ2n) is 3.76. The lowest BCUT2D eigenvalue weighted by molar-refractivity contribution is 0.337. The highest BCUT2D eigenvalue weighted by Gasteiger charge is 2.14. The van der Waals surface area contributed by atoms with Crippen LogP contribution < -0.4 is 0 Å². The number of aromatic hydroxyl groups is 1. The SMILES string of the molecule is Oc1oc(-c2ccccc2Br)nc1C=Nc1nccs1. The summed E-state index contributed by atoms with van der Waals surface area (Å²) in [5.41, 5.74) is 1.03. The Kier molecular flexibility index (Phi) is 3.62. The Morgan fingerprint density at radius 2 is 2.20 bits per heavy atom. The van der Waals surface area contributed by atoms with Gasteiger partial charge in [0.05, 0.1) is 11.8 Å². The summed E-state index contributed by atoms with van der Waals surface area (Å²) in [6.45, 7) is 0. The predicted molar refractivity (Wildman–Crippen MR) is 80.7 cm³/mol. The molecule has 0 amide bonds. The van der Waals surface area contributed by atoms with Crippen LogP contribution in [0.1, 0.15) is 5.69 Å². The van der Waals surface area contributed by atoms with Gasteiger partial charge in [0, 0.05) is 16.0 Å². The zero-order valence-corrected chi connectivity index (χ0v) is 12.4. The molecule has 0 saturated carbocycles. The van der Waals surface area contributed by atoms with Crippen LogP contribution in [0.4, 0.5) is 5.13 Å². The van der Waals surface area contributed by atoms with Crippen LogP contribution in [0.25, 0.3) is 11.5 Å². The van der Waals surface area contributed by atoms with Crippen molar-refractivity contribution in [2.75, 3.05) is 0 Å². The summed E-state index contributed by atoms with van der Waals surface area (Å²) in [6.07, 6.45) is 3.09. The van der Waals surface area contributed by atoms with Crippen molar-refractivity contribution in [3.05, 3.63) is 46.0 Å². The first kappa shape index (κ1) is 13.0. The largest absolute Gasteiger partial charge is 0.479 e. The number of benzene rings is 1. The van der Waals surface area contributed by atoms with E-state index in [4.69, 9.17) is 4.42 Å². The van der Waals surface area contributed by atoms with Crippen LogP contribution in [0.5, 0.6) is 5.95 Å². The molecule has 2 aromatic heterocycles. The van der Waals surface area contributed by atoms with E-state index in [0.717, 1.165) is 10.0 Å². The van der Waals surface area contributed by atoms with E-state index in [-0.39, 0.29) is 11.6 Å². The molecule has 0 unspecified atom stereocenters. The maximum absolute atomic E-state index is 9.76. The molecule has 3 aromatic rings. The van der Waals surface area contributed by atoms with Crippen LogP contribution in [-0.4, -0.2) is 21.3 Å². The van der Waals surface area contributed by atoms with E-state index in [2.05, 4.69) is 30.9 Å². The molecule has 3 rings (SSSR count). The van der Waals surface area contributed by atoms with Crippen molar-refractivity contribution in [2.45, 2.75) is 0 Å². The average molecular weight is 350 g/mol. The highest BCUT2D eigenvalue weighted by atomic mass is 79.9. The number of oxazole rings is 1. The maximum Gasteiger partial charge on any atom is 0.312 e. The van der Waals surface area contributed by atoms with E-state index in [0.29, 0.717) is 11.0 Å². The minimum absolute atomic E-state index is 0.268. The number of halogens is 1. The third-order valence-corrected chi connectivity index (χ3v) is 3.83. The summed E-state index contributed by atoms with van der Waals surface area (Å²) in [7, 11) is 0. The zero-order valence-electron chi connectivity index (χ0n) is 10.0. The Hall–Kier alpha value is -1.99. The van der Waals surface area contributed by atoms with Crippen molar-refractivity contribution < 1.29 is 9.52 Å². The van der Waals surface area contributed by atoms with Gasteiger partial charge in [-0.3, -0.25) is 0 Å². The summed E-state index contributed by atoms with van der Waals surface area (Å²) >= 11 is 4.81. The van der Waals surface area contributed by atoms with Gasteiger partial charge < -0.3 is 9.52 Å². The van der Waals surface area contributed by atoms with Crippen LogP contribution >= 0.6 is 27.3 Å². The molecule has 0 aliphatic rings. The number of aliphatic imine (C=N–C) groups is 1. The number of hydrogen-bond donors (Lipinski definition) is 1. The van der Waals surface area contributed by atoms with Crippen LogP contribution in [0, 0.1) is 0 Å². The normalized spacial score (nSPS) is 11.2. The summed E-state index contributed by atoms with van der Waals surface area (Å²) in [4.78, 5) is 12.3. The summed E-state index contributed by atoms with van der Waals surface area (Å²) < 4.78 is 6.10. The second kappa shape index (κ2) is 5.56. The monoisotopic (exact) mass is 349 g/mol. The molecule has 0 aliphatic heterocycles. The van der Waals surface area contributed by atoms with E-state index in [1.807, 2.05) is 29.6 Å². The molecule has 0 aliphatic carbocycles. The molecule has 0 fully saturated rings. The zero-order chi connectivity index (χ0) is 13.9. The topological polar surface area (TPSA) is 71.5 Å². The van der Waals surface area contributed by atoms with Gasteiger partial charge in [0.25, 0.3) is 0 Å². The van der Waals surface area contributed by atoms with Crippen LogP contribution in [-0.2, 0) is 0 Å². The molecule has 2 heterocycles. The van der Waals surface area contributed by atoms with E-state index >= 15 is 0 Å². The molecular weight excluding hydrogens is 342 g/mol. The third-order valence-electron chi connectivity index (χ3n) is 2.46. The molecule has 0 atom stereocenters. The van der Waals surface area contributed by atoms with Crippen LogP contribution in [0.2, 0.25) is 0 Å². The first-order chi connectivity index (χ1) is 9.74. The number of thiazole rings is 1. The molecule has 1 N–H and O–H groups in total. The van der Waals surface area contributed by atoms with Crippen LogP contribution in [0.15, 0.2) is 49.7 Å². The van der Waals surface area contributed by atoms with Gasteiger partial charge in [0.1, 0.15) is 0 Å². The third kappa shape index (κ3) is 2.63. The fraction of sp³-hybridized carbons (Fsp3) is 0. The Labute approximate surface area is 126 Å². The van der Waals surface area contributed by atoms with Gasteiger partial charge in [-0.25, -0.2) is 15.0 Å². The molecule has 0 bridgehead atoms. The van der Waals surface area contributed by atoms with Gasteiger partial charge in [-0.05, 0) is 28.1 Å². The molecule has 0 radical (unpaired) electrons. The Balaban J connectivity index is 1.94. The molecule has 100 valence electrons. The Bertz CT molecular complexity index is 753. The Morgan fingerprint density at radius 1 is 1.35 bits per heavy atom. The second-order valence-corrected chi connectivity index (χ2v) is 5.49.